The van der Waals surface area contributed by atoms with E-state index in [-0.39, 0.29) is 182 Å². The van der Waals surface area contributed by atoms with E-state index < -0.39 is 60.5 Å². The van der Waals surface area contributed by atoms with Gasteiger partial charge in [0.1, 0.15) is 0 Å². The van der Waals surface area contributed by atoms with Crippen molar-refractivity contribution in [3.8, 4) is 0 Å². The van der Waals surface area contributed by atoms with Gasteiger partial charge in [-0.25, -0.2) is 9.36 Å². The molecule has 0 aromatic rings. The molecule has 0 rings (SSSR count). The fraction of sp³-hybridized carbons (Fsp3) is 0.500. The molecule has 172 valence electrons. The molecule has 0 amide bonds. The third-order valence-electron chi connectivity index (χ3n) is 1.74. The molecule has 25 heteroatoms. The summed E-state index contributed by atoms with van der Waals surface area (Å²) in [5.41, 5.74) is -3.03. The van der Waals surface area contributed by atoms with E-state index in [2.05, 4.69) is 18.8 Å². The summed E-state index contributed by atoms with van der Waals surface area (Å²) in [6, 6.07) is 0. The zero-order valence-corrected chi connectivity index (χ0v) is 17.2. The van der Waals surface area contributed by atoms with E-state index in [0.717, 1.165) is 6.92 Å². The number of phosphoric acid groups is 1. The van der Waals surface area contributed by atoms with Crippen molar-refractivity contribution in [2.75, 3.05) is 0 Å². The summed E-state index contributed by atoms with van der Waals surface area (Å²) in [7, 11) is -5.13. The van der Waals surface area contributed by atoms with E-state index in [1.165, 1.54) is 16.7 Å². The van der Waals surface area contributed by atoms with E-state index in [1.807, 2.05) is 0 Å². The number of aliphatic hydroxyl groups is 1. The minimum atomic E-state index is -5.11. The van der Waals surface area contributed by atoms with Gasteiger partial charge in [-0.1, -0.05) is 0 Å². The summed E-state index contributed by atoms with van der Waals surface area (Å²) >= 11 is 1.47. The number of carbonyl (C=O) groups is 4. The van der Waals surface area contributed by atoms with Crippen LogP contribution in [0, 0.1) is 0 Å². The maximum absolute atomic E-state index is 11.2. The van der Waals surface area contributed by atoms with Gasteiger partial charge in [0.2, 0.25) is 0 Å². The second-order valence-corrected chi connectivity index (χ2v) is 6.24. The maximum atomic E-state index is 11.2. The zero-order valence-electron chi connectivity index (χ0n) is 13.9. The summed E-state index contributed by atoms with van der Waals surface area (Å²) in [4.78, 5) is 51.6. The Balaban J connectivity index is -0.0000000561. The number of carboxylic acids is 2. The van der Waals surface area contributed by atoms with Crippen molar-refractivity contribution in [1.29, 1.82) is 0 Å². The molecule has 15 nitrogen and oxygen atoms in total. The summed E-state index contributed by atoms with van der Waals surface area (Å²) in [6.07, 6.45) is -2.78. The van der Waals surface area contributed by atoms with E-state index in [1.54, 1.807) is 0 Å². The molecule has 0 saturated carbocycles. The van der Waals surface area contributed by atoms with Crippen LogP contribution >= 0.6 is 30.0 Å². The molecule has 6 N–H and O–H groups in total. The molecule has 0 aliphatic carbocycles. The molecule has 0 aliphatic heterocycles. The van der Waals surface area contributed by atoms with Crippen molar-refractivity contribution in [2.24, 2.45) is 0 Å². The van der Waals surface area contributed by atoms with Crippen LogP contribution in [0.4, 0.5) is 0 Å². The number of aliphatic carboxylic acids is 2. The van der Waals surface area contributed by atoms with Gasteiger partial charge in [-0.3, -0.25) is 28.4 Å². The first-order chi connectivity index (χ1) is 11.9. The van der Waals surface area contributed by atoms with Gasteiger partial charge in [-0.2, -0.15) is 8.42 Å². The van der Waals surface area contributed by atoms with Gasteiger partial charge in [0.25, 0.3) is 0 Å². The third-order valence-corrected chi connectivity index (χ3v) is 2.66. The van der Waals surface area contributed by atoms with Gasteiger partial charge < -0.3 is 24.4 Å². The standard InChI is InChI=1S/C8H11O11P.2ClH.K.Li.4Na.H2O4S.5H/c1-4(9)18-20(16,17)19-6(12)3-8(15,7(13)14)2-5(10)11;;;;;;;;;1-5(2,3)4;;;;;/h15H,2-3H2,1H3,(H,10,11)(H,13,14)(H,16,17);2*1H;;;;;;;(H2,1,2,3,4);;;;;/q;;;;+1;;;;;;;;;;/p-1. The molecular weight excluding hydrogens is 608 g/mol. The summed E-state index contributed by atoms with van der Waals surface area (Å²) in [5.74, 6) is -6.75. The Labute approximate surface area is 339 Å². The van der Waals surface area contributed by atoms with Crippen molar-refractivity contribution >= 4 is 251 Å². The van der Waals surface area contributed by atoms with Crippen LogP contribution in [0.5, 0.6) is 0 Å². The minimum absolute atomic E-state index is 0. The van der Waals surface area contributed by atoms with Crippen LogP contribution in [0.2, 0.25) is 0 Å². The Morgan fingerprint density at radius 2 is 1.27 bits per heavy atom. The van der Waals surface area contributed by atoms with Crippen LogP contribution in [0.25, 0.3) is 0 Å². The van der Waals surface area contributed by atoms with Gasteiger partial charge in [-0.05, 0) is 0 Å². The van der Waals surface area contributed by atoms with Gasteiger partial charge in [0.05, 0.1) is 12.8 Å². The molecule has 2 unspecified atom stereocenters. The predicted octanol–water partition coefficient (Wildman–Crippen LogP) is -4.29. The van der Waals surface area contributed by atoms with Gasteiger partial charge in [0, 0.05) is 6.92 Å². The van der Waals surface area contributed by atoms with Crippen molar-refractivity contribution in [3.63, 3.8) is 0 Å². The molecule has 0 aliphatic rings. The second-order valence-electron chi connectivity index (χ2n) is 4.05. The number of rotatable bonds is 7. The van der Waals surface area contributed by atoms with E-state index >= 15 is 0 Å². The normalized spacial score (nSPS) is 11.9. The Morgan fingerprint density at radius 1 is 0.970 bits per heavy atom. The number of carboxylic acid groups (broad SMARTS) is 2. The molecule has 0 saturated heterocycles. The molecule has 0 bridgehead atoms. The molecule has 33 heavy (non-hydrogen) atoms. The van der Waals surface area contributed by atoms with Crippen molar-refractivity contribution < 1.29 is 70.5 Å². The number of hydrogen-bond acceptors (Lipinski definition) is 10. The summed E-state index contributed by atoms with van der Waals surface area (Å²) < 4.78 is 50.2. The van der Waals surface area contributed by atoms with E-state index in [0.29, 0.717) is 0 Å². The molecule has 0 fully saturated rings. The Hall–Kier alpha value is 4.71. The number of hydrogen-bond donors (Lipinski definition) is 6. The van der Waals surface area contributed by atoms with Crippen LogP contribution in [0.1, 0.15) is 19.8 Å². The molecular formula is C8H19Cl2KLiNa4O15PS. The van der Waals surface area contributed by atoms with E-state index in [4.69, 9.17) is 32.6 Å². The number of phosphoric ester groups is 1. The fourth-order valence-corrected chi connectivity index (χ4v) is 1.73. The second kappa shape index (κ2) is 31.2. The monoisotopic (exact) mass is 626 g/mol. The Kier molecular flexibility index (Phi) is 58.4. The quantitative estimate of drug-likeness (QED) is 0.0887. The summed E-state index contributed by atoms with van der Waals surface area (Å²) in [6.45, 7) is 0.745. The van der Waals surface area contributed by atoms with Gasteiger partial charge in [0.15, 0.2) is 5.60 Å². The molecule has 0 aromatic heterocycles. The van der Waals surface area contributed by atoms with Crippen molar-refractivity contribution in [2.45, 2.75) is 25.4 Å². The number of carbonyl (C=O) groups excluding carboxylic acids is 2. The first-order valence-corrected chi connectivity index (χ1v) is 9.53. The average Bonchev–Trinajstić information content (AvgIpc) is 2.34. The summed E-state index contributed by atoms with van der Waals surface area (Å²) in [5, 5.41) is 26.5. The Morgan fingerprint density at radius 3 is 1.48 bits per heavy atom. The molecule has 0 heterocycles. The van der Waals surface area contributed by atoms with Crippen LogP contribution in [0.3, 0.4) is 0 Å². The topological polar surface area (TPSA) is 259 Å². The molecule has 0 spiro atoms. The number of halogens is 2. The van der Waals surface area contributed by atoms with Crippen molar-refractivity contribution in [3.05, 3.63) is 0 Å². The SMILES string of the molecule is CC(=O)OP(=O)(O)OC(=O)CC(O)(CC(=O)O)C(=O)O.Cl.O=S(=O)(O)O.[KH].[Li][Cl].[NaH].[NaH].[NaH].[NaH]. The third kappa shape index (κ3) is 46.9. The zero-order chi connectivity index (χ0) is 22.6. The molecule has 0 aromatic carbocycles. The van der Waals surface area contributed by atoms with Crippen LogP contribution < -0.4 is 0 Å². The first-order valence-electron chi connectivity index (χ1n) is 5.88. The van der Waals surface area contributed by atoms with Crippen LogP contribution in [-0.2, 0) is 43.2 Å². The average molecular weight is 627 g/mol. The van der Waals surface area contributed by atoms with Crippen LogP contribution in [-0.4, -0.2) is 254 Å². The molecule has 2 atom stereocenters. The van der Waals surface area contributed by atoms with Crippen molar-refractivity contribution in [1.82, 2.24) is 0 Å². The van der Waals surface area contributed by atoms with E-state index in [9.17, 15) is 28.8 Å². The van der Waals surface area contributed by atoms with Crippen LogP contribution in [0.15, 0.2) is 0 Å². The first kappa shape index (κ1) is 61.7. The molecule has 0 radical (unpaired) electrons. The predicted molar refractivity (Wildman–Crippen MR) is 126 cm³/mol. The van der Waals surface area contributed by atoms with Gasteiger partial charge in [-0.15, -0.1) is 12.4 Å². The van der Waals surface area contributed by atoms with Gasteiger partial charge >= 0.3 is 238 Å². The fourth-order valence-electron chi connectivity index (χ4n) is 1.04. The Bertz CT molecular complexity index is 712.